The van der Waals surface area contributed by atoms with Crippen LogP contribution in [0.4, 0.5) is 0 Å². The van der Waals surface area contributed by atoms with Gasteiger partial charge in [-0.1, -0.05) is 67.8 Å². The molecule has 1 amide bonds. The molecule has 6 rings (SSSR count). The summed E-state index contributed by atoms with van der Waals surface area (Å²) in [6.45, 7) is 7.53. The Morgan fingerprint density at radius 1 is 0.950 bits per heavy atom. The predicted octanol–water partition coefficient (Wildman–Crippen LogP) is 2.81. The van der Waals surface area contributed by atoms with Gasteiger partial charge in [0.2, 0.25) is 5.91 Å². The summed E-state index contributed by atoms with van der Waals surface area (Å²) in [6, 6.07) is 19.5. The van der Waals surface area contributed by atoms with Gasteiger partial charge in [0, 0.05) is 32.6 Å². The summed E-state index contributed by atoms with van der Waals surface area (Å²) in [6.07, 6.45) is 4.88. The molecule has 4 aliphatic rings. The van der Waals surface area contributed by atoms with Gasteiger partial charge in [-0.05, 0) is 35.1 Å². The van der Waals surface area contributed by atoms with Gasteiger partial charge in [0.05, 0.1) is 49.6 Å². The van der Waals surface area contributed by atoms with E-state index >= 15 is 0 Å². The molecule has 0 aromatic heterocycles. The average Bonchev–Trinajstić information content (AvgIpc) is 2.93. The lowest BCUT2D eigenvalue weighted by Crippen LogP contribution is -2.65. The molecule has 1 atom stereocenters. The van der Waals surface area contributed by atoms with Crippen LogP contribution in [-0.4, -0.2) is 85.9 Å². The zero-order valence-corrected chi connectivity index (χ0v) is 23.3. The number of ether oxygens (including phenoxy) is 2. The van der Waals surface area contributed by atoms with Crippen LogP contribution in [0.15, 0.2) is 48.5 Å². The quantitative estimate of drug-likeness (QED) is 0.528. The molecule has 212 valence electrons. The summed E-state index contributed by atoms with van der Waals surface area (Å²) in [4.78, 5) is 18.0. The van der Waals surface area contributed by atoms with Gasteiger partial charge < -0.3 is 20.5 Å². The topological polar surface area (TPSA) is 104 Å². The summed E-state index contributed by atoms with van der Waals surface area (Å²) in [7, 11) is 0. The molecule has 40 heavy (non-hydrogen) atoms. The van der Waals surface area contributed by atoms with Crippen LogP contribution in [-0.2, 0) is 26.2 Å². The number of nitriles is 1. The van der Waals surface area contributed by atoms with Gasteiger partial charge in [0.15, 0.2) is 0 Å². The maximum atomic E-state index is 12.8. The van der Waals surface area contributed by atoms with E-state index in [1.807, 2.05) is 12.1 Å². The summed E-state index contributed by atoms with van der Waals surface area (Å²) >= 11 is 0. The van der Waals surface area contributed by atoms with Crippen molar-refractivity contribution in [2.24, 2.45) is 5.73 Å². The molecule has 8 nitrogen and oxygen atoms in total. The van der Waals surface area contributed by atoms with Crippen LogP contribution in [0.3, 0.4) is 0 Å². The minimum absolute atomic E-state index is 0.0267. The number of nitrogens with zero attached hydrogens (tertiary/aromatic N) is 3. The molecule has 8 heteroatoms. The van der Waals surface area contributed by atoms with Crippen LogP contribution in [0.2, 0.25) is 0 Å². The van der Waals surface area contributed by atoms with Crippen LogP contribution in [0, 0.1) is 11.3 Å². The third-order valence-electron chi connectivity index (χ3n) is 9.55. The normalized spacial score (nSPS) is 23.8. The Labute approximate surface area is 237 Å². The number of carbonyl (C=O) groups excluding carboxylic acids is 1. The maximum Gasteiger partial charge on any atom is 0.241 e. The Balaban J connectivity index is 1.07. The fourth-order valence-electron chi connectivity index (χ4n) is 6.66. The van der Waals surface area contributed by atoms with Crippen LogP contribution in [0.5, 0.6) is 0 Å². The second-order valence-corrected chi connectivity index (χ2v) is 12.1. The zero-order chi connectivity index (χ0) is 27.6. The number of carbonyl (C=O) groups is 1. The summed E-state index contributed by atoms with van der Waals surface area (Å²) in [5.74, 6) is -0.195. The second kappa shape index (κ2) is 11.6. The Morgan fingerprint density at radius 3 is 2.10 bits per heavy atom. The molecule has 1 unspecified atom stereocenters. The van der Waals surface area contributed by atoms with Crippen molar-refractivity contribution < 1.29 is 14.3 Å². The van der Waals surface area contributed by atoms with Crippen LogP contribution < -0.4 is 11.1 Å². The molecule has 3 aliphatic heterocycles. The van der Waals surface area contributed by atoms with Crippen molar-refractivity contribution in [1.29, 1.82) is 5.26 Å². The van der Waals surface area contributed by atoms with Gasteiger partial charge in [-0.3, -0.25) is 14.6 Å². The number of hydrogen-bond acceptors (Lipinski definition) is 7. The molecular formula is C32H41N5O3. The minimum Gasteiger partial charge on any atom is -0.378 e. The smallest absolute Gasteiger partial charge is 0.241 e. The lowest BCUT2D eigenvalue weighted by atomic mass is 9.81. The van der Waals surface area contributed by atoms with Gasteiger partial charge in [-0.2, -0.15) is 5.26 Å². The van der Waals surface area contributed by atoms with Crippen molar-refractivity contribution in [3.63, 3.8) is 0 Å². The fourth-order valence-corrected chi connectivity index (χ4v) is 6.66. The molecule has 4 fully saturated rings. The Hall–Kier alpha value is -2.80. The number of nitrogens with one attached hydrogen (secondary N) is 1. The molecule has 3 N–H and O–H groups in total. The number of hydrogen-bond donors (Lipinski definition) is 2. The lowest BCUT2D eigenvalue weighted by molar-refractivity contribution is -0.164. The molecule has 0 radical (unpaired) electrons. The van der Waals surface area contributed by atoms with Gasteiger partial charge in [-0.15, -0.1) is 0 Å². The summed E-state index contributed by atoms with van der Waals surface area (Å²) < 4.78 is 11.1. The van der Waals surface area contributed by atoms with E-state index in [-0.39, 0.29) is 11.4 Å². The maximum absolute atomic E-state index is 12.8. The third kappa shape index (κ3) is 5.41. The van der Waals surface area contributed by atoms with Crippen LogP contribution >= 0.6 is 0 Å². The first-order valence-electron chi connectivity index (χ1n) is 14.8. The summed E-state index contributed by atoms with van der Waals surface area (Å²) in [5.41, 5.74) is 10.1. The van der Waals surface area contributed by atoms with E-state index in [1.54, 1.807) is 0 Å². The molecular weight excluding hydrogens is 502 g/mol. The first-order chi connectivity index (χ1) is 19.5. The molecule has 2 aromatic carbocycles. The highest BCUT2D eigenvalue weighted by molar-refractivity contribution is 5.86. The molecule has 3 heterocycles. The molecule has 0 spiro atoms. The number of benzene rings is 2. The highest BCUT2D eigenvalue weighted by atomic mass is 16.5. The fraction of sp³-hybridized carbons (Fsp3) is 0.562. The number of piperazine rings is 1. The van der Waals surface area contributed by atoms with Crippen molar-refractivity contribution in [3.05, 3.63) is 59.7 Å². The molecule has 2 aromatic rings. The van der Waals surface area contributed by atoms with E-state index in [9.17, 15) is 10.1 Å². The van der Waals surface area contributed by atoms with Gasteiger partial charge in [0.25, 0.3) is 0 Å². The van der Waals surface area contributed by atoms with E-state index in [0.717, 1.165) is 88.6 Å². The average molecular weight is 544 g/mol. The highest BCUT2D eigenvalue weighted by Crippen LogP contribution is 2.38. The molecule has 3 saturated heterocycles. The summed E-state index contributed by atoms with van der Waals surface area (Å²) in [5, 5.41) is 12.6. The molecule has 1 aliphatic carbocycles. The number of rotatable bonds is 8. The van der Waals surface area contributed by atoms with Gasteiger partial charge >= 0.3 is 0 Å². The zero-order valence-electron chi connectivity index (χ0n) is 23.3. The molecule has 0 bridgehead atoms. The highest BCUT2D eigenvalue weighted by Gasteiger charge is 2.47. The van der Waals surface area contributed by atoms with Crippen LogP contribution in [0.25, 0.3) is 11.1 Å². The molecule has 1 saturated carbocycles. The first kappa shape index (κ1) is 27.4. The van der Waals surface area contributed by atoms with Gasteiger partial charge in [-0.25, -0.2) is 0 Å². The SMILES string of the molecule is N#CC(Cc1ccc(-c2ccc(C3(N4CCN(C5COC5)CC4)COC3)cc2)cc1)NC(=O)C1(N)CCCCC1. The van der Waals surface area contributed by atoms with Crippen molar-refractivity contribution in [1.82, 2.24) is 15.1 Å². The minimum atomic E-state index is -0.840. The van der Waals surface area contributed by atoms with E-state index in [4.69, 9.17) is 15.2 Å². The monoisotopic (exact) mass is 543 g/mol. The number of nitrogens with two attached hydrogens (primary N) is 1. The Kier molecular flexibility index (Phi) is 7.93. The van der Waals surface area contributed by atoms with E-state index in [0.29, 0.717) is 25.3 Å². The first-order valence-corrected chi connectivity index (χ1v) is 14.8. The largest absolute Gasteiger partial charge is 0.378 e. The Bertz CT molecular complexity index is 1200. The van der Waals surface area contributed by atoms with Crippen LogP contribution in [0.1, 0.15) is 43.2 Å². The standard InChI is InChI=1S/C32H41N5O3/c33-19-28(35-30(38)31(34)12-2-1-3-13-31)18-24-4-6-25(7-5-24)26-8-10-27(11-9-26)32(22-40-23-32)37-16-14-36(15-17-37)29-20-39-21-29/h4-11,28-29H,1-3,12-18,20-23,34H2,(H,35,38). The Morgan fingerprint density at radius 2 is 1.57 bits per heavy atom. The second-order valence-electron chi connectivity index (χ2n) is 12.1. The van der Waals surface area contributed by atoms with E-state index in [2.05, 4.69) is 57.6 Å². The number of amides is 1. The third-order valence-corrected chi connectivity index (χ3v) is 9.55. The van der Waals surface area contributed by atoms with E-state index in [1.165, 1.54) is 5.56 Å². The van der Waals surface area contributed by atoms with Crippen molar-refractivity contribution in [2.45, 2.75) is 61.7 Å². The van der Waals surface area contributed by atoms with Crippen molar-refractivity contribution >= 4 is 5.91 Å². The van der Waals surface area contributed by atoms with E-state index < -0.39 is 11.6 Å². The van der Waals surface area contributed by atoms with Crippen molar-refractivity contribution in [3.8, 4) is 17.2 Å². The predicted molar refractivity (Wildman–Crippen MR) is 153 cm³/mol. The van der Waals surface area contributed by atoms with Gasteiger partial charge in [0.1, 0.15) is 6.04 Å². The van der Waals surface area contributed by atoms with Crippen molar-refractivity contribution in [2.75, 3.05) is 52.6 Å². The lowest BCUT2D eigenvalue weighted by Gasteiger charge is -2.53.